The molecule has 2 aliphatic rings. The van der Waals surface area contributed by atoms with Gasteiger partial charge in [0.2, 0.25) is 0 Å². The number of benzene rings is 11. The minimum atomic E-state index is -0.457. The van der Waals surface area contributed by atoms with E-state index in [0.717, 1.165) is 27.5 Å². The van der Waals surface area contributed by atoms with Crippen LogP contribution in [0.25, 0.3) is 110 Å². The summed E-state index contributed by atoms with van der Waals surface area (Å²) in [5.74, 6) is 0. The summed E-state index contributed by atoms with van der Waals surface area (Å²) in [5, 5.41) is 12.7. The van der Waals surface area contributed by atoms with Crippen LogP contribution in [0.4, 0.5) is 0 Å². The molecule has 58 heavy (non-hydrogen) atoms. The van der Waals surface area contributed by atoms with Crippen molar-refractivity contribution in [1.82, 2.24) is 0 Å². The molecular formula is C57H32O. The average molecular weight is 733 g/mol. The van der Waals surface area contributed by atoms with Crippen LogP contribution in [0.5, 0.6) is 0 Å². The number of hydrogen-bond acceptors (Lipinski definition) is 1. The van der Waals surface area contributed by atoms with Crippen molar-refractivity contribution in [2.24, 2.45) is 0 Å². The van der Waals surface area contributed by atoms with E-state index in [1.807, 2.05) is 6.07 Å². The second-order valence-electron chi connectivity index (χ2n) is 16.3. The predicted octanol–water partition coefficient (Wildman–Crippen LogP) is 15.3. The molecule has 1 spiro atoms. The average Bonchev–Trinajstić information content (AvgIpc) is 3.90. The van der Waals surface area contributed by atoms with Crippen molar-refractivity contribution in [3.05, 3.63) is 216 Å². The fourth-order valence-corrected chi connectivity index (χ4v) is 11.2. The molecular weight excluding hydrogens is 701 g/mol. The second-order valence-corrected chi connectivity index (χ2v) is 16.3. The van der Waals surface area contributed by atoms with Gasteiger partial charge in [0.25, 0.3) is 0 Å². The minimum Gasteiger partial charge on any atom is -0.456 e. The molecule has 266 valence electrons. The molecule has 0 bridgehead atoms. The van der Waals surface area contributed by atoms with E-state index in [1.165, 1.54) is 104 Å². The van der Waals surface area contributed by atoms with Crippen molar-refractivity contribution in [2.45, 2.75) is 5.41 Å². The van der Waals surface area contributed by atoms with Crippen LogP contribution in [-0.2, 0) is 5.41 Å². The van der Waals surface area contributed by atoms with Crippen molar-refractivity contribution in [3.8, 4) is 44.5 Å². The summed E-state index contributed by atoms with van der Waals surface area (Å²) in [6.07, 6.45) is 0. The van der Waals surface area contributed by atoms with Gasteiger partial charge in [-0.05, 0) is 158 Å². The summed E-state index contributed by atoms with van der Waals surface area (Å²) in [6.45, 7) is 0. The van der Waals surface area contributed by atoms with Crippen LogP contribution in [0.3, 0.4) is 0 Å². The zero-order valence-electron chi connectivity index (χ0n) is 31.4. The summed E-state index contributed by atoms with van der Waals surface area (Å²) in [7, 11) is 0. The van der Waals surface area contributed by atoms with Gasteiger partial charge in [0.15, 0.2) is 0 Å². The van der Waals surface area contributed by atoms with E-state index in [4.69, 9.17) is 4.42 Å². The Balaban J connectivity index is 1.03. The van der Waals surface area contributed by atoms with E-state index in [1.54, 1.807) is 0 Å². The van der Waals surface area contributed by atoms with Gasteiger partial charge in [0.1, 0.15) is 11.2 Å². The van der Waals surface area contributed by atoms with Crippen molar-refractivity contribution in [2.75, 3.05) is 0 Å². The van der Waals surface area contributed by atoms with E-state index >= 15 is 0 Å². The van der Waals surface area contributed by atoms with Gasteiger partial charge in [-0.3, -0.25) is 0 Å². The molecule has 1 nitrogen and oxygen atoms in total. The molecule has 0 aliphatic heterocycles. The summed E-state index contributed by atoms with van der Waals surface area (Å²) in [6, 6.07) is 72.8. The fourth-order valence-electron chi connectivity index (χ4n) is 11.2. The highest BCUT2D eigenvalue weighted by Gasteiger charge is 2.51. The first-order valence-electron chi connectivity index (χ1n) is 20.2. The fraction of sp³-hybridized carbons (Fsp3) is 0.0175. The molecule has 12 aromatic rings. The SMILES string of the molecule is c1ccc2c(c1)-c1ccccc1C21c2cc(-c3cc4ccc5cccc6ccc(c3)c4c56)ccc2-c2cc3c(-c4ccc5c(c4)oc4ccccc45)cccc3cc21. The Morgan fingerprint density at radius 1 is 0.276 bits per heavy atom. The monoisotopic (exact) mass is 732 g/mol. The van der Waals surface area contributed by atoms with Gasteiger partial charge in [-0.25, -0.2) is 0 Å². The first-order chi connectivity index (χ1) is 28.7. The third-order valence-electron chi connectivity index (χ3n) is 13.6. The Hall–Kier alpha value is -7.48. The zero-order valence-corrected chi connectivity index (χ0v) is 31.4. The smallest absolute Gasteiger partial charge is 0.136 e. The largest absolute Gasteiger partial charge is 0.456 e. The molecule has 1 heterocycles. The van der Waals surface area contributed by atoms with Crippen LogP contribution in [0, 0.1) is 0 Å². The zero-order chi connectivity index (χ0) is 37.7. The molecule has 0 radical (unpaired) electrons. The van der Waals surface area contributed by atoms with Gasteiger partial charge in [-0.2, -0.15) is 0 Å². The lowest BCUT2D eigenvalue weighted by Crippen LogP contribution is -2.25. The third-order valence-corrected chi connectivity index (χ3v) is 13.6. The lowest BCUT2D eigenvalue weighted by atomic mass is 9.70. The molecule has 1 heteroatoms. The molecule has 0 N–H and O–H groups in total. The molecule has 11 aromatic carbocycles. The van der Waals surface area contributed by atoms with E-state index in [9.17, 15) is 0 Å². The highest BCUT2D eigenvalue weighted by Crippen LogP contribution is 2.64. The maximum atomic E-state index is 6.38. The lowest BCUT2D eigenvalue weighted by molar-refractivity contribution is 0.669. The molecule has 0 atom stereocenters. The molecule has 0 unspecified atom stereocenters. The van der Waals surface area contributed by atoms with Gasteiger partial charge >= 0.3 is 0 Å². The van der Waals surface area contributed by atoms with Gasteiger partial charge < -0.3 is 4.42 Å². The summed E-state index contributed by atoms with van der Waals surface area (Å²) in [4.78, 5) is 0. The maximum Gasteiger partial charge on any atom is 0.136 e. The quantitative estimate of drug-likeness (QED) is 0.161. The van der Waals surface area contributed by atoms with E-state index in [2.05, 4.69) is 188 Å². The van der Waals surface area contributed by atoms with Crippen LogP contribution in [0.15, 0.2) is 199 Å². The molecule has 1 aromatic heterocycles. The van der Waals surface area contributed by atoms with Gasteiger partial charge in [0.05, 0.1) is 5.41 Å². The molecule has 0 fully saturated rings. The molecule has 0 saturated carbocycles. The number of furan rings is 1. The predicted molar refractivity (Wildman–Crippen MR) is 242 cm³/mol. The van der Waals surface area contributed by atoms with Crippen LogP contribution < -0.4 is 0 Å². The van der Waals surface area contributed by atoms with Gasteiger partial charge in [0, 0.05) is 10.8 Å². The van der Waals surface area contributed by atoms with Crippen molar-refractivity contribution < 1.29 is 4.42 Å². The number of fused-ring (bicyclic) bond motifs is 14. The summed E-state index contributed by atoms with van der Waals surface area (Å²) in [5.41, 5.74) is 16.9. The van der Waals surface area contributed by atoms with Gasteiger partial charge in [-0.15, -0.1) is 0 Å². The number of para-hydroxylation sites is 1. The van der Waals surface area contributed by atoms with Crippen LogP contribution in [-0.4, -0.2) is 0 Å². The van der Waals surface area contributed by atoms with E-state index in [-0.39, 0.29) is 0 Å². The van der Waals surface area contributed by atoms with Crippen molar-refractivity contribution in [3.63, 3.8) is 0 Å². The summed E-state index contributed by atoms with van der Waals surface area (Å²) < 4.78 is 6.38. The van der Waals surface area contributed by atoms with Crippen molar-refractivity contribution in [1.29, 1.82) is 0 Å². The van der Waals surface area contributed by atoms with Crippen molar-refractivity contribution >= 4 is 65.0 Å². The minimum absolute atomic E-state index is 0.457. The maximum absolute atomic E-state index is 6.38. The first kappa shape index (κ1) is 30.7. The normalized spacial score (nSPS) is 13.7. The number of rotatable bonds is 2. The Morgan fingerprint density at radius 3 is 1.66 bits per heavy atom. The Morgan fingerprint density at radius 2 is 0.862 bits per heavy atom. The first-order valence-corrected chi connectivity index (χ1v) is 20.2. The second kappa shape index (κ2) is 10.9. The topological polar surface area (TPSA) is 13.1 Å². The lowest BCUT2D eigenvalue weighted by Gasteiger charge is -2.31. The third kappa shape index (κ3) is 3.81. The van der Waals surface area contributed by atoms with Gasteiger partial charge in [-0.1, -0.05) is 146 Å². The molecule has 2 aliphatic carbocycles. The van der Waals surface area contributed by atoms with Crippen LogP contribution in [0.1, 0.15) is 22.3 Å². The Bertz CT molecular complexity index is 3640. The summed E-state index contributed by atoms with van der Waals surface area (Å²) >= 11 is 0. The van der Waals surface area contributed by atoms with E-state index in [0.29, 0.717) is 0 Å². The number of hydrogen-bond donors (Lipinski definition) is 0. The highest BCUT2D eigenvalue weighted by atomic mass is 16.3. The standard InChI is InChI=1S/C57H32O/c1-4-16-49-42(12-1)43-13-2-5-17-50(43)57(49)51-29-35(40-27-38-21-19-33-9-7-10-34-20-22-39(28-40)56(38)55(33)34)23-25-44(51)48-32-47-36(30-52(48)57)11-8-15-41(47)37-24-26-46-45-14-3-6-18-53(45)58-54(46)31-37/h1-32H. The highest BCUT2D eigenvalue weighted by molar-refractivity contribution is 6.24. The Labute approximate surface area is 334 Å². The Kier molecular flexibility index (Phi) is 5.76. The molecule has 0 saturated heterocycles. The van der Waals surface area contributed by atoms with Crippen LogP contribution >= 0.6 is 0 Å². The van der Waals surface area contributed by atoms with E-state index < -0.39 is 5.41 Å². The molecule has 0 amide bonds. The molecule has 14 rings (SSSR count). The van der Waals surface area contributed by atoms with Crippen LogP contribution in [0.2, 0.25) is 0 Å².